The normalized spacial score (nSPS) is 28.0. The number of hydrogen-bond acceptors (Lipinski definition) is 2. The summed E-state index contributed by atoms with van der Waals surface area (Å²) in [6.07, 6.45) is 5.40. The van der Waals surface area contributed by atoms with Crippen LogP contribution in [0.3, 0.4) is 0 Å². The fourth-order valence-electron chi connectivity index (χ4n) is 2.17. The highest BCUT2D eigenvalue weighted by Gasteiger charge is 2.49. The summed E-state index contributed by atoms with van der Waals surface area (Å²) in [4.78, 5) is 10.4. The zero-order valence-electron chi connectivity index (χ0n) is 7.21. The van der Waals surface area contributed by atoms with Crippen molar-refractivity contribution in [1.82, 2.24) is 5.32 Å². The van der Waals surface area contributed by atoms with Crippen molar-refractivity contribution in [2.75, 3.05) is 13.2 Å². The van der Waals surface area contributed by atoms with Gasteiger partial charge in [-0.05, 0) is 31.6 Å². The zero-order chi connectivity index (χ0) is 8.44. The smallest absolute Gasteiger partial charge is 0.207 e. The molecule has 68 valence electrons. The van der Waals surface area contributed by atoms with Crippen molar-refractivity contribution >= 4 is 6.41 Å². The minimum atomic E-state index is 0.172. The van der Waals surface area contributed by atoms with Crippen LogP contribution in [0, 0.1) is 5.92 Å². The van der Waals surface area contributed by atoms with Crippen molar-refractivity contribution in [2.45, 2.75) is 31.2 Å². The molecule has 2 rings (SSSR count). The molecule has 1 aliphatic heterocycles. The van der Waals surface area contributed by atoms with E-state index in [1.54, 1.807) is 0 Å². The van der Waals surface area contributed by atoms with Crippen LogP contribution in [0.4, 0.5) is 0 Å². The first-order valence-corrected chi connectivity index (χ1v) is 4.66. The molecule has 0 aromatic carbocycles. The molecule has 3 nitrogen and oxygen atoms in total. The number of amides is 1. The molecule has 0 bridgehead atoms. The van der Waals surface area contributed by atoms with Crippen molar-refractivity contribution in [3.05, 3.63) is 0 Å². The summed E-state index contributed by atoms with van der Waals surface area (Å²) in [7, 11) is 0. The van der Waals surface area contributed by atoms with Gasteiger partial charge in [-0.25, -0.2) is 0 Å². The maximum absolute atomic E-state index is 10.4. The first-order chi connectivity index (χ1) is 5.87. The van der Waals surface area contributed by atoms with E-state index < -0.39 is 0 Å². The molecule has 0 aromatic rings. The summed E-state index contributed by atoms with van der Waals surface area (Å²) in [5, 5.41) is 2.97. The Kier molecular flexibility index (Phi) is 2.05. The molecule has 1 N–H and O–H groups in total. The molecular formula is C9H15NO2. The molecule has 1 heterocycles. The summed E-state index contributed by atoms with van der Waals surface area (Å²) in [6, 6.07) is 0. The molecule has 1 aliphatic carbocycles. The van der Waals surface area contributed by atoms with Crippen LogP contribution in [-0.4, -0.2) is 25.2 Å². The van der Waals surface area contributed by atoms with E-state index in [2.05, 4.69) is 5.32 Å². The summed E-state index contributed by atoms with van der Waals surface area (Å²) in [5.41, 5.74) is 0.172. The van der Waals surface area contributed by atoms with Gasteiger partial charge in [-0.2, -0.15) is 0 Å². The lowest BCUT2D eigenvalue weighted by atomic mass is 9.90. The van der Waals surface area contributed by atoms with Gasteiger partial charge in [0.25, 0.3) is 0 Å². The lowest BCUT2D eigenvalue weighted by Gasteiger charge is -2.29. The van der Waals surface area contributed by atoms with E-state index in [1.807, 2.05) is 0 Å². The van der Waals surface area contributed by atoms with Gasteiger partial charge in [0.1, 0.15) is 0 Å². The third-order valence-electron chi connectivity index (χ3n) is 3.14. The molecule has 1 amide bonds. The second kappa shape index (κ2) is 3.05. The van der Waals surface area contributed by atoms with Crippen LogP contribution in [0.5, 0.6) is 0 Å². The molecule has 12 heavy (non-hydrogen) atoms. The highest BCUT2D eigenvalue weighted by Crippen LogP contribution is 2.45. The van der Waals surface area contributed by atoms with E-state index in [-0.39, 0.29) is 5.54 Å². The molecule has 2 aliphatic rings. The van der Waals surface area contributed by atoms with Crippen molar-refractivity contribution in [3.8, 4) is 0 Å². The topological polar surface area (TPSA) is 38.3 Å². The van der Waals surface area contributed by atoms with Gasteiger partial charge in [-0.1, -0.05) is 0 Å². The summed E-state index contributed by atoms with van der Waals surface area (Å²) >= 11 is 0. The van der Waals surface area contributed by atoms with Crippen molar-refractivity contribution in [2.24, 2.45) is 5.92 Å². The minimum Gasteiger partial charge on any atom is -0.381 e. The van der Waals surface area contributed by atoms with Crippen LogP contribution in [0.2, 0.25) is 0 Å². The first-order valence-electron chi connectivity index (χ1n) is 4.66. The van der Waals surface area contributed by atoms with Crippen LogP contribution in [0.15, 0.2) is 0 Å². The van der Waals surface area contributed by atoms with Gasteiger partial charge in [-0.3, -0.25) is 4.79 Å². The third kappa shape index (κ3) is 1.33. The Hall–Kier alpha value is -0.570. The number of hydrogen-bond donors (Lipinski definition) is 1. The zero-order valence-corrected chi connectivity index (χ0v) is 7.21. The Bertz CT molecular complexity index is 171. The van der Waals surface area contributed by atoms with E-state index in [4.69, 9.17) is 4.74 Å². The van der Waals surface area contributed by atoms with E-state index in [0.29, 0.717) is 5.92 Å². The predicted octanol–water partition coefficient (Wildman–Crippen LogP) is 0.692. The van der Waals surface area contributed by atoms with Crippen LogP contribution < -0.4 is 5.32 Å². The van der Waals surface area contributed by atoms with Gasteiger partial charge in [-0.15, -0.1) is 0 Å². The molecule has 3 heteroatoms. The lowest BCUT2D eigenvalue weighted by Crippen LogP contribution is -2.40. The van der Waals surface area contributed by atoms with Crippen molar-refractivity contribution < 1.29 is 9.53 Å². The van der Waals surface area contributed by atoms with Gasteiger partial charge in [0, 0.05) is 18.8 Å². The molecule has 1 saturated heterocycles. The number of carbonyl (C=O) groups is 1. The molecule has 0 atom stereocenters. The Labute approximate surface area is 72.5 Å². The molecule has 0 radical (unpaired) electrons. The Morgan fingerprint density at radius 3 is 2.50 bits per heavy atom. The standard InChI is InChI=1S/C9H15NO2/c11-7-10-9(3-4-9)8-1-5-12-6-2-8/h7-8H,1-6H2,(H,10,11). The van der Waals surface area contributed by atoms with Gasteiger partial charge >= 0.3 is 0 Å². The maximum atomic E-state index is 10.4. The van der Waals surface area contributed by atoms with Crippen LogP contribution >= 0.6 is 0 Å². The fraction of sp³-hybridized carbons (Fsp3) is 0.889. The first kappa shape index (κ1) is 8.05. The molecule has 0 unspecified atom stereocenters. The largest absolute Gasteiger partial charge is 0.381 e. The Morgan fingerprint density at radius 1 is 1.33 bits per heavy atom. The summed E-state index contributed by atoms with van der Waals surface area (Å²) < 4.78 is 5.28. The Balaban J connectivity index is 1.92. The minimum absolute atomic E-state index is 0.172. The van der Waals surface area contributed by atoms with Gasteiger partial charge in [0.05, 0.1) is 0 Å². The average Bonchev–Trinajstić information content (AvgIpc) is 2.88. The summed E-state index contributed by atoms with van der Waals surface area (Å²) in [5.74, 6) is 0.663. The SMILES string of the molecule is O=CNC1(C2CCOCC2)CC1. The second-order valence-corrected chi connectivity index (χ2v) is 3.80. The average molecular weight is 169 g/mol. The number of carbonyl (C=O) groups excluding carboxylic acids is 1. The van der Waals surface area contributed by atoms with E-state index in [0.717, 1.165) is 45.3 Å². The van der Waals surface area contributed by atoms with Crippen LogP contribution in [0.1, 0.15) is 25.7 Å². The van der Waals surface area contributed by atoms with E-state index in [9.17, 15) is 4.79 Å². The summed E-state index contributed by atoms with van der Waals surface area (Å²) in [6.45, 7) is 1.74. The Morgan fingerprint density at radius 2 is 2.00 bits per heavy atom. The highest BCUT2D eigenvalue weighted by atomic mass is 16.5. The predicted molar refractivity (Wildman–Crippen MR) is 44.7 cm³/mol. The lowest BCUT2D eigenvalue weighted by molar-refractivity contribution is -0.111. The third-order valence-corrected chi connectivity index (χ3v) is 3.14. The fourth-order valence-corrected chi connectivity index (χ4v) is 2.17. The molecule has 0 spiro atoms. The second-order valence-electron chi connectivity index (χ2n) is 3.80. The number of rotatable bonds is 3. The van der Waals surface area contributed by atoms with Crippen molar-refractivity contribution in [3.63, 3.8) is 0 Å². The van der Waals surface area contributed by atoms with Gasteiger partial charge < -0.3 is 10.1 Å². The highest BCUT2D eigenvalue weighted by molar-refractivity contribution is 5.49. The van der Waals surface area contributed by atoms with Crippen LogP contribution in [0.25, 0.3) is 0 Å². The number of nitrogens with one attached hydrogen (secondary N) is 1. The molecular weight excluding hydrogens is 154 g/mol. The maximum Gasteiger partial charge on any atom is 0.207 e. The van der Waals surface area contributed by atoms with Gasteiger partial charge in [0.2, 0.25) is 6.41 Å². The molecule has 2 fully saturated rings. The monoisotopic (exact) mass is 169 g/mol. The number of ether oxygens (including phenoxy) is 1. The van der Waals surface area contributed by atoms with E-state index >= 15 is 0 Å². The van der Waals surface area contributed by atoms with Crippen LogP contribution in [-0.2, 0) is 9.53 Å². The van der Waals surface area contributed by atoms with Crippen molar-refractivity contribution in [1.29, 1.82) is 0 Å². The van der Waals surface area contributed by atoms with Gasteiger partial charge in [0.15, 0.2) is 0 Å². The molecule has 0 aromatic heterocycles. The molecule has 1 saturated carbocycles. The van der Waals surface area contributed by atoms with E-state index in [1.165, 1.54) is 0 Å². The quantitative estimate of drug-likeness (QED) is 0.631.